The van der Waals surface area contributed by atoms with Crippen LogP contribution in [0.2, 0.25) is 0 Å². The number of nitrogens with zero attached hydrogens (tertiary/aromatic N) is 1. The van der Waals surface area contributed by atoms with Gasteiger partial charge in [0.2, 0.25) is 0 Å². The van der Waals surface area contributed by atoms with Gasteiger partial charge in [0, 0.05) is 15.6 Å². The maximum absolute atomic E-state index is 13.9. The lowest BCUT2D eigenvalue weighted by atomic mass is 10.0. The second-order valence-corrected chi connectivity index (χ2v) is 5.22. The number of nitrogens with one attached hydrogen (secondary N) is 1. The third kappa shape index (κ3) is 2.84. The average molecular weight is 327 g/mol. The third-order valence-electron chi connectivity index (χ3n) is 2.80. The summed E-state index contributed by atoms with van der Waals surface area (Å²) in [4.78, 5) is 14.9. The molecule has 1 heterocycles. The molecule has 2 N–H and O–H groups in total. The number of halogens is 2. The van der Waals surface area contributed by atoms with E-state index in [1.54, 1.807) is 26.0 Å². The smallest absolute Gasteiger partial charge is 0.405 e. The number of hydrogen-bond donors (Lipinski definition) is 2. The van der Waals surface area contributed by atoms with Crippen molar-refractivity contribution in [2.24, 2.45) is 0 Å². The Bertz CT molecular complexity index is 661. The standard InChI is InChI=1S/C13H12BrFN2O2/c1-6-3-9(7(2)17-13(18)19)10-4-8(14)5-11(15)12(10)16-6/h3-5,7,17H,1-2H3,(H,18,19). The van der Waals surface area contributed by atoms with E-state index in [1.807, 2.05) is 0 Å². The summed E-state index contributed by atoms with van der Waals surface area (Å²) in [5, 5.41) is 11.8. The number of fused-ring (bicyclic) bond motifs is 1. The minimum Gasteiger partial charge on any atom is -0.465 e. The Kier molecular flexibility index (Phi) is 3.71. The molecule has 1 amide bonds. The Hall–Kier alpha value is -1.69. The topological polar surface area (TPSA) is 62.2 Å². The van der Waals surface area contributed by atoms with Crippen LogP contribution in [0.25, 0.3) is 10.9 Å². The van der Waals surface area contributed by atoms with Crippen molar-refractivity contribution in [3.8, 4) is 0 Å². The first-order valence-corrected chi connectivity index (χ1v) is 6.43. The van der Waals surface area contributed by atoms with E-state index in [1.165, 1.54) is 6.07 Å². The molecule has 0 radical (unpaired) electrons. The highest BCUT2D eigenvalue weighted by Gasteiger charge is 2.15. The molecular weight excluding hydrogens is 315 g/mol. The van der Waals surface area contributed by atoms with Crippen LogP contribution < -0.4 is 5.32 Å². The third-order valence-corrected chi connectivity index (χ3v) is 3.26. The van der Waals surface area contributed by atoms with Gasteiger partial charge in [-0.15, -0.1) is 0 Å². The van der Waals surface area contributed by atoms with Crippen molar-refractivity contribution < 1.29 is 14.3 Å². The molecule has 19 heavy (non-hydrogen) atoms. The second-order valence-electron chi connectivity index (χ2n) is 4.31. The van der Waals surface area contributed by atoms with Gasteiger partial charge in [0.05, 0.1) is 6.04 Å². The van der Waals surface area contributed by atoms with E-state index in [4.69, 9.17) is 5.11 Å². The van der Waals surface area contributed by atoms with E-state index in [0.717, 1.165) is 0 Å². The molecule has 2 aromatic rings. The number of carboxylic acid groups (broad SMARTS) is 1. The molecule has 0 spiro atoms. The molecule has 0 aliphatic heterocycles. The van der Waals surface area contributed by atoms with E-state index >= 15 is 0 Å². The first kappa shape index (κ1) is 13.7. The van der Waals surface area contributed by atoms with E-state index < -0.39 is 18.0 Å². The van der Waals surface area contributed by atoms with Gasteiger partial charge in [0.1, 0.15) is 5.52 Å². The van der Waals surface area contributed by atoms with Gasteiger partial charge in [-0.05, 0) is 37.6 Å². The van der Waals surface area contributed by atoms with Gasteiger partial charge >= 0.3 is 6.09 Å². The highest BCUT2D eigenvalue weighted by atomic mass is 79.9. The number of carbonyl (C=O) groups is 1. The molecule has 0 bridgehead atoms. The van der Waals surface area contributed by atoms with E-state index in [2.05, 4.69) is 26.2 Å². The van der Waals surface area contributed by atoms with Crippen molar-refractivity contribution in [1.29, 1.82) is 0 Å². The SMILES string of the molecule is Cc1cc(C(C)NC(=O)O)c2cc(Br)cc(F)c2n1. The van der Waals surface area contributed by atoms with E-state index in [-0.39, 0.29) is 5.52 Å². The van der Waals surface area contributed by atoms with Crippen molar-refractivity contribution in [3.05, 3.63) is 39.7 Å². The van der Waals surface area contributed by atoms with Crippen molar-refractivity contribution in [3.63, 3.8) is 0 Å². The van der Waals surface area contributed by atoms with Crippen LogP contribution in [0, 0.1) is 12.7 Å². The number of rotatable bonds is 2. The molecule has 0 saturated heterocycles. The van der Waals surface area contributed by atoms with Gasteiger partial charge in [-0.2, -0.15) is 0 Å². The lowest BCUT2D eigenvalue weighted by Gasteiger charge is -2.15. The van der Waals surface area contributed by atoms with Crippen LogP contribution in [-0.4, -0.2) is 16.2 Å². The summed E-state index contributed by atoms with van der Waals surface area (Å²) in [5.41, 5.74) is 1.59. The number of benzene rings is 1. The average Bonchev–Trinajstić information content (AvgIpc) is 2.28. The predicted octanol–water partition coefficient (Wildman–Crippen LogP) is 3.77. The van der Waals surface area contributed by atoms with Crippen LogP contribution in [0.3, 0.4) is 0 Å². The molecule has 100 valence electrons. The first-order chi connectivity index (χ1) is 8.88. The molecule has 1 aromatic carbocycles. The van der Waals surface area contributed by atoms with Gasteiger partial charge < -0.3 is 10.4 Å². The Labute approximate surface area is 117 Å². The second kappa shape index (κ2) is 5.13. The molecule has 4 nitrogen and oxygen atoms in total. The van der Waals surface area contributed by atoms with Crippen LogP contribution >= 0.6 is 15.9 Å². The molecule has 0 saturated carbocycles. The van der Waals surface area contributed by atoms with Crippen LogP contribution in [0.15, 0.2) is 22.7 Å². The summed E-state index contributed by atoms with van der Waals surface area (Å²) in [6, 6.07) is 4.39. The Balaban J connectivity index is 2.68. The largest absolute Gasteiger partial charge is 0.465 e. The summed E-state index contributed by atoms with van der Waals surface area (Å²) in [6.07, 6.45) is -1.12. The summed E-state index contributed by atoms with van der Waals surface area (Å²) in [6.45, 7) is 3.46. The maximum atomic E-state index is 13.9. The zero-order chi connectivity index (χ0) is 14.2. The van der Waals surface area contributed by atoms with Gasteiger partial charge in [0.25, 0.3) is 0 Å². The lowest BCUT2D eigenvalue weighted by Crippen LogP contribution is -2.24. The van der Waals surface area contributed by atoms with Gasteiger partial charge in [-0.3, -0.25) is 4.98 Å². The Morgan fingerprint density at radius 1 is 1.47 bits per heavy atom. The van der Waals surface area contributed by atoms with Crippen molar-refractivity contribution >= 4 is 32.9 Å². The highest BCUT2D eigenvalue weighted by Crippen LogP contribution is 2.29. The molecule has 0 fully saturated rings. The van der Waals surface area contributed by atoms with E-state index in [9.17, 15) is 9.18 Å². The summed E-state index contributed by atoms with van der Waals surface area (Å²) in [5.74, 6) is -0.433. The Morgan fingerprint density at radius 3 is 2.79 bits per heavy atom. The molecule has 0 aliphatic carbocycles. The molecule has 1 aromatic heterocycles. The minimum atomic E-state index is -1.12. The van der Waals surface area contributed by atoms with Gasteiger partial charge in [0.15, 0.2) is 5.82 Å². The van der Waals surface area contributed by atoms with Crippen molar-refractivity contribution in [1.82, 2.24) is 10.3 Å². The number of hydrogen-bond acceptors (Lipinski definition) is 2. The lowest BCUT2D eigenvalue weighted by molar-refractivity contribution is 0.191. The van der Waals surface area contributed by atoms with Crippen LogP contribution in [0.1, 0.15) is 24.2 Å². The summed E-state index contributed by atoms with van der Waals surface area (Å²) < 4.78 is 14.5. The predicted molar refractivity (Wildman–Crippen MR) is 73.7 cm³/mol. The molecular formula is C13H12BrFN2O2. The quantitative estimate of drug-likeness (QED) is 0.882. The maximum Gasteiger partial charge on any atom is 0.405 e. The number of pyridine rings is 1. The molecule has 1 unspecified atom stereocenters. The van der Waals surface area contributed by atoms with E-state index in [0.29, 0.717) is 21.1 Å². The van der Waals surface area contributed by atoms with Crippen molar-refractivity contribution in [2.45, 2.75) is 19.9 Å². The zero-order valence-corrected chi connectivity index (χ0v) is 12.0. The number of amides is 1. The minimum absolute atomic E-state index is 0.247. The first-order valence-electron chi connectivity index (χ1n) is 5.64. The summed E-state index contributed by atoms with van der Waals surface area (Å²) in [7, 11) is 0. The monoisotopic (exact) mass is 326 g/mol. The molecule has 0 aliphatic rings. The highest BCUT2D eigenvalue weighted by molar-refractivity contribution is 9.10. The zero-order valence-electron chi connectivity index (χ0n) is 10.4. The molecule has 6 heteroatoms. The fourth-order valence-electron chi connectivity index (χ4n) is 2.03. The van der Waals surface area contributed by atoms with Crippen LogP contribution in [-0.2, 0) is 0 Å². The van der Waals surface area contributed by atoms with Crippen LogP contribution in [0.4, 0.5) is 9.18 Å². The Morgan fingerprint density at radius 2 is 2.16 bits per heavy atom. The number of aryl methyl sites for hydroxylation is 1. The fraction of sp³-hybridized carbons (Fsp3) is 0.231. The van der Waals surface area contributed by atoms with Gasteiger partial charge in [-0.1, -0.05) is 15.9 Å². The normalized spacial score (nSPS) is 12.4. The molecule has 1 atom stereocenters. The summed E-state index contributed by atoms with van der Waals surface area (Å²) >= 11 is 3.23. The number of aromatic nitrogens is 1. The van der Waals surface area contributed by atoms with Crippen LogP contribution in [0.5, 0.6) is 0 Å². The van der Waals surface area contributed by atoms with Gasteiger partial charge in [-0.25, -0.2) is 9.18 Å². The fourth-order valence-corrected chi connectivity index (χ4v) is 2.46. The molecule has 2 rings (SSSR count). The van der Waals surface area contributed by atoms with Crippen molar-refractivity contribution in [2.75, 3.05) is 0 Å².